The number of aromatic amines is 1. The fraction of sp³-hybridized carbons (Fsp3) is 0.381. The predicted octanol–water partition coefficient (Wildman–Crippen LogP) is 4.12. The Balaban J connectivity index is 1.39. The van der Waals surface area contributed by atoms with Gasteiger partial charge in [0.15, 0.2) is 0 Å². The molecule has 1 N–H and O–H groups in total. The highest BCUT2D eigenvalue weighted by Crippen LogP contribution is 2.30. The summed E-state index contributed by atoms with van der Waals surface area (Å²) in [7, 11) is 0. The Bertz CT molecular complexity index is 875. The van der Waals surface area contributed by atoms with Crippen molar-refractivity contribution < 1.29 is 0 Å². The first-order valence-corrected chi connectivity index (χ1v) is 9.43. The number of pyridine rings is 1. The Hall–Kier alpha value is -2.49. The first-order valence-electron chi connectivity index (χ1n) is 9.43. The highest BCUT2D eigenvalue weighted by atomic mass is 15.2. The zero-order chi connectivity index (χ0) is 16.6. The molecule has 2 aliphatic rings. The lowest BCUT2D eigenvalue weighted by atomic mass is 10.0. The van der Waals surface area contributed by atoms with E-state index in [2.05, 4.69) is 57.4 Å². The van der Waals surface area contributed by atoms with Crippen LogP contribution in [0.1, 0.15) is 30.5 Å². The lowest BCUT2D eigenvalue weighted by Gasteiger charge is -2.30. The van der Waals surface area contributed by atoms with Gasteiger partial charge in [0.1, 0.15) is 5.82 Å². The first-order chi connectivity index (χ1) is 12.4. The minimum atomic E-state index is 0.940. The van der Waals surface area contributed by atoms with E-state index in [0.717, 1.165) is 25.3 Å². The molecule has 0 atom stereocenters. The molecule has 0 aliphatic carbocycles. The molecule has 4 heterocycles. The van der Waals surface area contributed by atoms with Crippen molar-refractivity contribution in [3.8, 4) is 0 Å². The molecule has 1 aromatic carbocycles. The van der Waals surface area contributed by atoms with Crippen LogP contribution in [0, 0.1) is 0 Å². The molecule has 1 saturated heterocycles. The summed E-state index contributed by atoms with van der Waals surface area (Å²) < 4.78 is 0. The Kier molecular flexibility index (Phi) is 3.62. The van der Waals surface area contributed by atoms with E-state index in [0.29, 0.717) is 0 Å². The zero-order valence-corrected chi connectivity index (χ0v) is 14.5. The standard InChI is InChI=1S/C21H24N4/c1-4-11-24(12-5-1)16-8-9-21(22-14-16)25-13-10-20-18(15-25)17-6-2-3-7-19(17)23-20/h2-3,6-9,14,23H,1,4-5,10-13,15H2. The second kappa shape index (κ2) is 6.10. The number of aromatic nitrogens is 2. The van der Waals surface area contributed by atoms with Gasteiger partial charge in [0.05, 0.1) is 11.9 Å². The molecule has 0 radical (unpaired) electrons. The normalized spacial score (nSPS) is 17.8. The molecular weight excluding hydrogens is 308 g/mol. The topological polar surface area (TPSA) is 35.2 Å². The third-order valence-corrected chi connectivity index (χ3v) is 5.66. The number of nitrogens with zero attached hydrogens (tertiary/aromatic N) is 3. The van der Waals surface area contributed by atoms with E-state index in [1.807, 2.05) is 0 Å². The maximum absolute atomic E-state index is 4.79. The number of nitrogens with one attached hydrogen (secondary N) is 1. The van der Waals surface area contributed by atoms with Gasteiger partial charge in [-0.15, -0.1) is 0 Å². The van der Waals surface area contributed by atoms with E-state index < -0.39 is 0 Å². The molecule has 5 rings (SSSR count). The van der Waals surface area contributed by atoms with Crippen LogP contribution in [-0.2, 0) is 13.0 Å². The Labute approximate surface area is 148 Å². The van der Waals surface area contributed by atoms with Crippen molar-refractivity contribution in [1.82, 2.24) is 9.97 Å². The molecule has 25 heavy (non-hydrogen) atoms. The second-order valence-electron chi connectivity index (χ2n) is 7.22. The Morgan fingerprint density at radius 3 is 2.60 bits per heavy atom. The maximum atomic E-state index is 4.79. The van der Waals surface area contributed by atoms with E-state index in [1.165, 1.54) is 60.2 Å². The molecule has 128 valence electrons. The predicted molar refractivity (Wildman–Crippen MR) is 103 cm³/mol. The van der Waals surface area contributed by atoms with E-state index in [-0.39, 0.29) is 0 Å². The number of anilines is 2. The van der Waals surface area contributed by atoms with Gasteiger partial charge in [-0.2, -0.15) is 0 Å². The summed E-state index contributed by atoms with van der Waals surface area (Å²) in [5.74, 6) is 1.09. The molecule has 4 nitrogen and oxygen atoms in total. The molecule has 0 amide bonds. The lowest BCUT2D eigenvalue weighted by molar-refractivity contribution is 0.577. The van der Waals surface area contributed by atoms with E-state index in [9.17, 15) is 0 Å². The quantitative estimate of drug-likeness (QED) is 0.767. The third kappa shape index (κ3) is 2.66. The molecule has 0 unspecified atom stereocenters. The van der Waals surface area contributed by atoms with E-state index >= 15 is 0 Å². The van der Waals surface area contributed by atoms with Crippen LogP contribution in [0.15, 0.2) is 42.6 Å². The second-order valence-corrected chi connectivity index (χ2v) is 7.22. The van der Waals surface area contributed by atoms with Crippen LogP contribution in [-0.4, -0.2) is 29.6 Å². The fourth-order valence-electron chi connectivity index (χ4n) is 4.27. The summed E-state index contributed by atoms with van der Waals surface area (Å²) in [6.45, 7) is 4.30. The van der Waals surface area contributed by atoms with Crippen molar-refractivity contribution in [3.05, 3.63) is 53.9 Å². The summed E-state index contributed by atoms with van der Waals surface area (Å²) in [6, 6.07) is 13.1. The Morgan fingerprint density at radius 2 is 1.76 bits per heavy atom. The van der Waals surface area contributed by atoms with Gasteiger partial charge in [0, 0.05) is 54.8 Å². The number of piperidine rings is 1. The van der Waals surface area contributed by atoms with Crippen LogP contribution >= 0.6 is 0 Å². The summed E-state index contributed by atoms with van der Waals surface area (Å²) in [6.07, 6.45) is 7.09. The van der Waals surface area contributed by atoms with Crippen LogP contribution in [0.25, 0.3) is 10.9 Å². The van der Waals surface area contributed by atoms with Crippen LogP contribution in [0.2, 0.25) is 0 Å². The van der Waals surface area contributed by atoms with Gasteiger partial charge in [-0.3, -0.25) is 0 Å². The van der Waals surface area contributed by atoms with Crippen LogP contribution in [0.4, 0.5) is 11.5 Å². The molecule has 0 bridgehead atoms. The number of hydrogen-bond donors (Lipinski definition) is 1. The number of fused-ring (bicyclic) bond motifs is 3. The highest BCUT2D eigenvalue weighted by molar-refractivity contribution is 5.85. The summed E-state index contributed by atoms with van der Waals surface area (Å²) in [4.78, 5) is 13.2. The fourth-order valence-corrected chi connectivity index (χ4v) is 4.27. The van der Waals surface area contributed by atoms with Gasteiger partial charge in [0.25, 0.3) is 0 Å². The number of H-pyrrole nitrogens is 1. The lowest BCUT2D eigenvalue weighted by Crippen LogP contribution is -2.31. The smallest absolute Gasteiger partial charge is 0.128 e. The van der Waals surface area contributed by atoms with Gasteiger partial charge in [-0.05, 0) is 37.5 Å². The molecule has 0 spiro atoms. The maximum Gasteiger partial charge on any atom is 0.128 e. The van der Waals surface area contributed by atoms with Gasteiger partial charge < -0.3 is 14.8 Å². The molecule has 2 aliphatic heterocycles. The van der Waals surface area contributed by atoms with Gasteiger partial charge in [-0.25, -0.2) is 4.98 Å². The molecule has 0 saturated carbocycles. The zero-order valence-electron chi connectivity index (χ0n) is 14.5. The van der Waals surface area contributed by atoms with Crippen LogP contribution in [0.3, 0.4) is 0 Å². The summed E-state index contributed by atoms with van der Waals surface area (Å²) in [5, 5.41) is 1.35. The van der Waals surface area contributed by atoms with Crippen molar-refractivity contribution in [1.29, 1.82) is 0 Å². The van der Waals surface area contributed by atoms with Gasteiger partial charge in [-0.1, -0.05) is 18.2 Å². The van der Waals surface area contributed by atoms with Crippen molar-refractivity contribution in [2.24, 2.45) is 0 Å². The number of rotatable bonds is 2. The van der Waals surface area contributed by atoms with E-state index in [4.69, 9.17) is 4.98 Å². The Morgan fingerprint density at radius 1 is 0.880 bits per heavy atom. The number of hydrogen-bond acceptors (Lipinski definition) is 3. The minimum Gasteiger partial charge on any atom is -0.370 e. The molecular formula is C21H24N4. The first kappa shape index (κ1) is 14.8. The molecule has 2 aromatic heterocycles. The van der Waals surface area contributed by atoms with Crippen molar-refractivity contribution in [3.63, 3.8) is 0 Å². The van der Waals surface area contributed by atoms with Crippen molar-refractivity contribution >= 4 is 22.4 Å². The van der Waals surface area contributed by atoms with Gasteiger partial charge >= 0.3 is 0 Å². The molecule has 4 heteroatoms. The van der Waals surface area contributed by atoms with Crippen LogP contribution in [0.5, 0.6) is 0 Å². The molecule has 1 fully saturated rings. The van der Waals surface area contributed by atoms with Crippen molar-refractivity contribution in [2.45, 2.75) is 32.2 Å². The number of para-hydroxylation sites is 1. The largest absolute Gasteiger partial charge is 0.370 e. The SMILES string of the molecule is c1ccc2c3c([nH]c2c1)CCN(c1ccc(N2CCCCC2)cn1)C3. The summed E-state index contributed by atoms with van der Waals surface area (Å²) >= 11 is 0. The molecule has 3 aromatic rings. The minimum absolute atomic E-state index is 0.940. The summed E-state index contributed by atoms with van der Waals surface area (Å²) in [5.41, 5.74) is 5.35. The van der Waals surface area contributed by atoms with Crippen molar-refractivity contribution in [2.75, 3.05) is 29.4 Å². The van der Waals surface area contributed by atoms with Gasteiger partial charge in [0.2, 0.25) is 0 Å². The average molecular weight is 332 g/mol. The number of benzene rings is 1. The van der Waals surface area contributed by atoms with Crippen LogP contribution < -0.4 is 9.80 Å². The highest BCUT2D eigenvalue weighted by Gasteiger charge is 2.21. The average Bonchev–Trinajstić information content (AvgIpc) is 3.07. The monoisotopic (exact) mass is 332 g/mol. The van der Waals surface area contributed by atoms with E-state index in [1.54, 1.807) is 0 Å². The third-order valence-electron chi connectivity index (χ3n) is 5.66.